The highest BCUT2D eigenvalue weighted by molar-refractivity contribution is 7.25. The Balaban J connectivity index is 2.06. The van der Waals surface area contributed by atoms with E-state index in [1.807, 2.05) is 18.2 Å². The van der Waals surface area contributed by atoms with Gasteiger partial charge in [0.15, 0.2) is 5.82 Å². The topological polar surface area (TPSA) is 51.6 Å². The van der Waals surface area contributed by atoms with Crippen LogP contribution in [0.15, 0.2) is 42.9 Å². The molecule has 0 atom stereocenters. The number of aromatic nitrogens is 4. The molecule has 0 aliphatic carbocycles. The molecule has 0 aliphatic heterocycles. The van der Waals surface area contributed by atoms with Crippen molar-refractivity contribution in [2.45, 2.75) is 0 Å². The van der Waals surface area contributed by atoms with Gasteiger partial charge < -0.3 is 0 Å². The summed E-state index contributed by atoms with van der Waals surface area (Å²) in [4.78, 5) is 18.0. The van der Waals surface area contributed by atoms with Crippen LogP contribution in [-0.4, -0.2) is 19.9 Å². The summed E-state index contributed by atoms with van der Waals surface area (Å²) < 4.78 is 1.15. The first-order chi connectivity index (χ1) is 9.83. The third-order valence-electron chi connectivity index (χ3n) is 2.99. The molecular weight excluding hydrogens is 292 g/mol. The van der Waals surface area contributed by atoms with Crippen LogP contribution in [0.4, 0.5) is 0 Å². The van der Waals surface area contributed by atoms with Crippen LogP contribution in [-0.2, 0) is 0 Å². The lowest BCUT2D eigenvalue weighted by molar-refractivity contribution is 1.14. The van der Waals surface area contributed by atoms with E-state index < -0.39 is 0 Å². The van der Waals surface area contributed by atoms with Crippen molar-refractivity contribution in [3.8, 4) is 11.5 Å². The molecule has 4 nitrogen and oxygen atoms in total. The van der Waals surface area contributed by atoms with Gasteiger partial charge in [-0.1, -0.05) is 29.8 Å². The van der Waals surface area contributed by atoms with E-state index in [2.05, 4.69) is 26.0 Å². The smallest absolute Gasteiger partial charge is 0.182 e. The molecule has 0 radical (unpaired) electrons. The van der Waals surface area contributed by atoms with Gasteiger partial charge in [-0.25, -0.2) is 15.0 Å². The fourth-order valence-corrected chi connectivity index (χ4v) is 3.51. The molecule has 3 heterocycles. The van der Waals surface area contributed by atoms with E-state index >= 15 is 0 Å². The Bertz CT molecular complexity index is 920. The zero-order chi connectivity index (χ0) is 13.5. The Hall–Kier alpha value is -2.11. The van der Waals surface area contributed by atoms with Gasteiger partial charge in [0.25, 0.3) is 0 Å². The molecule has 6 heteroatoms. The van der Waals surface area contributed by atoms with Gasteiger partial charge in [-0.2, -0.15) is 0 Å². The van der Waals surface area contributed by atoms with Crippen molar-refractivity contribution < 1.29 is 0 Å². The third-order valence-corrected chi connectivity index (χ3v) is 4.33. The molecule has 3 aromatic heterocycles. The average Bonchev–Trinajstić information content (AvgIpc) is 2.87. The molecule has 0 saturated heterocycles. The Kier molecular flexibility index (Phi) is 2.61. The first-order valence-corrected chi connectivity index (χ1v) is 7.13. The van der Waals surface area contributed by atoms with Crippen LogP contribution in [0.2, 0.25) is 5.15 Å². The minimum Gasteiger partial charge on any atom is -0.261 e. The largest absolute Gasteiger partial charge is 0.261 e. The lowest BCUT2D eigenvalue weighted by Gasteiger charge is -2.00. The number of fused-ring (bicyclic) bond motifs is 3. The Morgan fingerprint density at radius 1 is 1.05 bits per heavy atom. The highest BCUT2D eigenvalue weighted by atomic mass is 35.5. The molecule has 0 fully saturated rings. The minimum atomic E-state index is 0.452. The van der Waals surface area contributed by atoms with E-state index in [4.69, 9.17) is 11.6 Å². The first kappa shape index (κ1) is 11.7. The van der Waals surface area contributed by atoms with Crippen molar-refractivity contribution in [3.63, 3.8) is 0 Å². The van der Waals surface area contributed by atoms with Crippen molar-refractivity contribution in [2.24, 2.45) is 0 Å². The van der Waals surface area contributed by atoms with E-state index in [9.17, 15) is 0 Å². The summed E-state index contributed by atoms with van der Waals surface area (Å²) >= 11 is 7.94. The summed E-state index contributed by atoms with van der Waals surface area (Å²) in [7, 11) is 0. The van der Waals surface area contributed by atoms with Gasteiger partial charge in [0.2, 0.25) is 0 Å². The first-order valence-electron chi connectivity index (χ1n) is 5.94. The molecule has 0 aliphatic rings. The highest BCUT2D eigenvalue weighted by Gasteiger charge is 2.14. The molecule has 0 bridgehead atoms. The number of hydrogen-bond donors (Lipinski definition) is 0. The van der Waals surface area contributed by atoms with Crippen LogP contribution in [0.5, 0.6) is 0 Å². The lowest BCUT2D eigenvalue weighted by atomic mass is 10.2. The van der Waals surface area contributed by atoms with Crippen LogP contribution in [0.1, 0.15) is 0 Å². The van der Waals surface area contributed by atoms with Gasteiger partial charge in [0.05, 0.1) is 11.6 Å². The summed E-state index contributed by atoms with van der Waals surface area (Å²) in [5.74, 6) is 0.502. The van der Waals surface area contributed by atoms with E-state index in [0.717, 1.165) is 20.3 Å². The Labute approximate surface area is 123 Å². The van der Waals surface area contributed by atoms with Crippen LogP contribution in [0.3, 0.4) is 0 Å². The van der Waals surface area contributed by atoms with Gasteiger partial charge in [0, 0.05) is 22.5 Å². The molecular formula is C14H7ClN4S. The summed E-state index contributed by atoms with van der Waals surface area (Å²) in [6.45, 7) is 0. The minimum absolute atomic E-state index is 0.452. The van der Waals surface area contributed by atoms with Gasteiger partial charge in [-0.3, -0.25) is 4.98 Å². The molecule has 4 rings (SSSR count). The van der Waals surface area contributed by atoms with Gasteiger partial charge in [-0.05, 0) is 6.07 Å². The van der Waals surface area contributed by atoms with Crippen molar-refractivity contribution in [1.29, 1.82) is 0 Å². The summed E-state index contributed by atoms with van der Waals surface area (Å²) in [5, 5.41) is 2.44. The van der Waals surface area contributed by atoms with Gasteiger partial charge >= 0.3 is 0 Å². The van der Waals surface area contributed by atoms with Crippen molar-refractivity contribution >= 4 is 43.2 Å². The van der Waals surface area contributed by atoms with E-state index in [0.29, 0.717) is 16.7 Å². The van der Waals surface area contributed by atoms with Crippen LogP contribution in [0, 0.1) is 0 Å². The molecule has 1 aromatic carbocycles. The molecule has 0 amide bonds. The normalized spacial score (nSPS) is 11.2. The molecule has 96 valence electrons. The average molecular weight is 299 g/mol. The molecule has 20 heavy (non-hydrogen) atoms. The predicted octanol–water partition coefficient (Wildman–Crippen LogP) is 3.95. The van der Waals surface area contributed by atoms with E-state index in [1.165, 1.54) is 0 Å². The number of nitrogens with zero attached hydrogens (tertiary/aromatic N) is 4. The maximum Gasteiger partial charge on any atom is 0.182 e. The molecule has 0 spiro atoms. The zero-order valence-corrected chi connectivity index (χ0v) is 11.7. The summed E-state index contributed by atoms with van der Waals surface area (Å²) in [5.41, 5.74) is 0.619. The zero-order valence-electron chi connectivity index (χ0n) is 10.1. The number of hydrogen-bond acceptors (Lipinski definition) is 5. The van der Waals surface area contributed by atoms with E-state index in [1.54, 1.807) is 29.9 Å². The molecule has 0 unspecified atom stereocenters. The van der Waals surface area contributed by atoms with Crippen molar-refractivity contribution in [2.75, 3.05) is 0 Å². The number of benzene rings is 1. The standard InChI is InChI=1S/C14H7ClN4S/c15-12-11-8-3-1-2-4-10(8)20-14(11)19-13(18-12)9-7-16-5-6-17-9/h1-7H. The van der Waals surface area contributed by atoms with Crippen molar-refractivity contribution in [1.82, 2.24) is 19.9 Å². The van der Waals surface area contributed by atoms with Crippen LogP contribution < -0.4 is 0 Å². The fourth-order valence-electron chi connectivity index (χ4n) is 2.11. The molecule has 0 saturated carbocycles. The Morgan fingerprint density at radius 2 is 1.95 bits per heavy atom. The predicted molar refractivity (Wildman–Crippen MR) is 81.0 cm³/mol. The monoisotopic (exact) mass is 298 g/mol. The second-order valence-electron chi connectivity index (χ2n) is 4.21. The fraction of sp³-hybridized carbons (Fsp3) is 0. The molecule has 4 aromatic rings. The summed E-state index contributed by atoms with van der Waals surface area (Å²) in [6, 6.07) is 8.08. The van der Waals surface area contributed by atoms with Gasteiger partial charge in [0.1, 0.15) is 15.7 Å². The SMILES string of the molecule is Clc1nc(-c2cnccn2)nc2sc3ccccc3c12. The maximum atomic E-state index is 6.34. The van der Waals surface area contributed by atoms with E-state index in [-0.39, 0.29) is 0 Å². The Morgan fingerprint density at radius 3 is 2.80 bits per heavy atom. The quantitative estimate of drug-likeness (QED) is 0.499. The summed E-state index contributed by atoms with van der Waals surface area (Å²) in [6.07, 6.45) is 4.86. The number of rotatable bonds is 1. The molecule has 0 N–H and O–H groups in total. The van der Waals surface area contributed by atoms with Crippen LogP contribution in [0.25, 0.3) is 31.8 Å². The van der Waals surface area contributed by atoms with Crippen molar-refractivity contribution in [3.05, 3.63) is 48.0 Å². The number of halogens is 1. The number of thiophene rings is 1. The second-order valence-corrected chi connectivity index (χ2v) is 5.60. The maximum absolute atomic E-state index is 6.34. The second kappa shape index (κ2) is 4.47. The van der Waals surface area contributed by atoms with Crippen LogP contribution >= 0.6 is 22.9 Å². The highest BCUT2D eigenvalue weighted by Crippen LogP contribution is 2.36. The lowest BCUT2D eigenvalue weighted by Crippen LogP contribution is -1.92. The third kappa shape index (κ3) is 1.75. The van der Waals surface area contributed by atoms with Gasteiger partial charge in [-0.15, -0.1) is 11.3 Å².